The van der Waals surface area contributed by atoms with Gasteiger partial charge in [0.2, 0.25) is 10.0 Å². The van der Waals surface area contributed by atoms with Gasteiger partial charge in [0.05, 0.1) is 22.6 Å². The molecule has 1 N–H and O–H groups in total. The van der Waals surface area contributed by atoms with Gasteiger partial charge in [-0.3, -0.25) is 19.2 Å². The molecule has 11 heteroatoms. The number of anilines is 1. The molecule has 0 unspecified atom stereocenters. The number of nitro benzene ring substituents is 1. The molecule has 3 aromatic carbocycles. The smallest absolute Gasteiger partial charge is 0.270 e. The molecule has 0 bridgehead atoms. The maximum atomic E-state index is 12.8. The molecule has 0 aliphatic heterocycles. The average molecular weight is 497 g/mol. The number of non-ortho nitro benzene ring substituents is 1. The lowest BCUT2D eigenvalue weighted by Gasteiger charge is -2.27. The van der Waals surface area contributed by atoms with E-state index in [1.165, 1.54) is 25.1 Å². The Balaban J connectivity index is 1.76. The molecule has 0 saturated heterocycles. The number of carbonyl (C=O) groups is 1. The maximum Gasteiger partial charge on any atom is 0.270 e. The summed E-state index contributed by atoms with van der Waals surface area (Å²) in [5.74, 6) is 0.456. The number of benzene rings is 3. The zero-order valence-corrected chi connectivity index (χ0v) is 20.1. The van der Waals surface area contributed by atoms with E-state index >= 15 is 0 Å². The summed E-state index contributed by atoms with van der Waals surface area (Å²) in [6.45, 7) is 3.01. The summed E-state index contributed by atoms with van der Waals surface area (Å²) in [4.78, 5) is 23.2. The topological polar surface area (TPSA) is 131 Å². The number of nitrogens with zero attached hydrogens (tertiary/aromatic N) is 3. The summed E-state index contributed by atoms with van der Waals surface area (Å²) in [5, 5.41) is 15.0. The van der Waals surface area contributed by atoms with Crippen LogP contribution in [-0.4, -0.2) is 37.3 Å². The Hall–Kier alpha value is -4.25. The Bertz CT molecular complexity index is 1340. The highest BCUT2D eigenvalue weighted by Gasteiger charge is 2.29. The fourth-order valence-electron chi connectivity index (χ4n) is 3.24. The summed E-state index contributed by atoms with van der Waals surface area (Å²) in [7, 11) is -3.83. The first-order chi connectivity index (χ1) is 16.6. The van der Waals surface area contributed by atoms with Crippen LogP contribution in [0.15, 0.2) is 84.0 Å². The molecule has 0 fully saturated rings. The molecule has 35 heavy (non-hydrogen) atoms. The van der Waals surface area contributed by atoms with Gasteiger partial charge in [-0.1, -0.05) is 30.3 Å². The maximum absolute atomic E-state index is 12.8. The van der Waals surface area contributed by atoms with Crippen molar-refractivity contribution in [2.24, 2.45) is 5.10 Å². The van der Waals surface area contributed by atoms with Crippen LogP contribution in [0.5, 0.6) is 11.5 Å². The molecular formula is C24H24N4O6S. The second-order valence-electron chi connectivity index (χ2n) is 7.62. The van der Waals surface area contributed by atoms with E-state index in [4.69, 9.17) is 4.74 Å². The minimum absolute atomic E-state index is 0.111. The van der Waals surface area contributed by atoms with E-state index in [0.717, 1.165) is 10.6 Å². The highest BCUT2D eigenvalue weighted by Crippen LogP contribution is 2.27. The van der Waals surface area contributed by atoms with Gasteiger partial charge in [-0.2, -0.15) is 5.10 Å². The Kier molecular flexibility index (Phi) is 7.82. The Morgan fingerprint density at radius 2 is 1.66 bits per heavy atom. The Labute approximate surface area is 203 Å². The first-order valence-electron chi connectivity index (χ1n) is 10.5. The molecule has 3 rings (SSSR count). The van der Waals surface area contributed by atoms with Gasteiger partial charge in [-0.05, 0) is 50.2 Å². The number of ether oxygens (including phenoxy) is 1. The predicted octanol–water partition coefficient (Wildman–Crippen LogP) is 4.08. The molecule has 0 aliphatic rings. The van der Waals surface area contributed by atoms with Gasteiger partial charge in [-0.25, -0.2) is 13.8 Å². The van der Waals surface area contributed by atoms with E-state index < -0.39 is 26.9 Å². The van der Waals surface area contributed by atoms with Crippen molar-refractivity contribution in [2.75, 3.05) is 10.6 Å². The van der Waals surface area contributed by atoms with Crippen molar-refractivity contribution >= 4 is 33.0 Å². The minimum Gasteiger partial charge on any atom is -0.457 e. The SMILES string of the molecule is C/C(=N/NC(=O)[C@H](C)N(c1ccc(Oc2ccccc2)cc1)S(C)(=O)=O)c1cccc([N+](=O)[O-])c1. The van der Waals surface area contributed by atoms with E-state index in [9.17, 15) is 23.3 Å². The molecule has 3 aromatic rings. The largest absolute Gasteiger partial charge is 0.457 e. The first kappa shape index (κ1) is 25.4. The second kappa shape index (κ2) is 10.8. The number of carbonyl (C=O) groups excluding carboxylic acids is 1. The summed E-state index contributed by atoms with van der Waals surface area (Å²) >= 11 is 0. The Morgan fingerprint density at radius 3 is 2.26 bits per heavy atom. The third-order valence-corrected chi connectivity index (χ3v) is 6.21. The van der Waals surface area contributed by atoms with Crippen LogP contribution in [0.2, 0.25) is 0 Å². The standard InChI is InChI=1S/C24H24N4O6S/c1-17(19-8-7-9-21(16-19)28(30)31)25-26-24(29)18(2)27(35(3,32)33)20-12-14-23(15-13-20)34-22-10-5-4-6-11-22/h4-16,18H,1-3H3,(H,26,29)/b25-17-/t18-/m0/s1. The zero-order valence-electron chi connectivity index (χ0n) is 19.3. The van der Waals surface area contributed by atoms with Crippen molar-refractivity contribution in [1.29, 1.82) is 0 Å². The van der Waals surface area contributed by atoms with Crippen LogP contribution in [0.1, 0.15) is 19.4 Å². The fourth-order valence-corrected chi connectivity index (χ4v) is 4.41. The third kappa shape index (κ3) is 6.64. The number of nitro groups is 1. The molecular weight excluding hydrogens is 472 g/mol. The highest BCUT2D eigenvalue weighted by atomic mass is 32.2. The molecule has 1 atom stereocenters. The quantitative estimate of drug-likeness (QED) is 0.270. The molecule has 0 saturated carbocycles. The van der Waals surface area contributed by atoms with Crippen LogP contribution in [0.3, 0.4) is 0 Å². The van der Waals surface area contributed by atoms with Gasteiger partial charge in [0.1, 0.15) is 17.5 Å². The number of rotatable bonds is 9. The average Bonchev–Trinajstić information content (AvgIpc) is 2.83. The van der Waals surface area contributed by atoms with Crippen LogP contribution in [0.25, 0.3) is 0 Å². The number of hydrogen-bond acceptors (Lipinski definition) is 7. The summed E-state index contributed by atoms with van der Waals surface area (Å²) in [6, 6.07) is 20.1. The van der Waals surface area contributed by atoms with Crippen LogP contribution >= 0.6 is 0 Å². The molecule has 0 radical (unpaired) electrons. The molecule has 0 heterocycles. The molecule has 1 amide bonds. The fraction of sp³-hybridized carbons (Fsp3) is 0.167. The Morgan fingerprint density at radius 1 is 1.03 bits per heavy atom. The van der Waals surface area contributed by atoms with E-state index in [0.29, 0.717) is 22.8 Å². The number of para-hydroxylation sites is 1. The van der Waals surface area contributed by atoms with Crippen LogP contribution in [-0.2, 0) is 14.8 Å². The third-order valence-electron chi connectivity index (χ3n) is 4.97. The van der Waals surface area contributed by atoms with Gasteiger partial charge in [-0.15, -0.1) is 0 Å². The first-order valence-corrected chi connectivity index (χ1v) is 12.3. The van der Waals surface area contributed by atoms with Gasteiger partial charge < -0.3 is 4.74 Å². The van der Waals surface area contributed by atoms with Crippen LogP contribution < -0.4 is 14.5 Å². The molecule has 10 nitrogen and oxygen atoms in total. The van der Waals surface area contributed by atoms with Crippen molar-refractivity contribution in [2.45, 2.75) is 19.9 Å². The summed E-state index contributed by atoms with van der Waals surface area (Å²) < 4.78 is 31.8. The summed E-state index contributed by atoms with van der Waals surface area (Å²) in [6.07, 6.45) is 1.00. The van der Waals surface area contributed by atoms with Crippen LogP contribution in [0, 0.1) is 10.1 Å². The number of hydrogen-bond donors (Lipinski definition) is 1. The van der Waals surface area contributed by atoms with Crippen LogP contribution in [0.4, 0.5) is 11.4 Å². The molecule has 182 valence electrons. The van der Waals surface area contributed by atoms with Crippen molar-refractivity contribution < 1.29 is 22.9 Å². The van der Waals surface area contributed by atoms with Crippen molar-refractivity contribution in [3.63, 3.8) is 0 Å². The normalized spacial score (nSPS) is 12.5. The monoisotopic (exact) mass is 496 g/mol. The number of hydrazone groups is 1. The van der Waals surface area contributed by atoms with E-state index in [1.807, 2.05) is 18.2 Å². The lowest BCUT2D eigenvalue weighted by atomic mass is 10.1. The zero-order chi connectivity index (χ0) is 25.6. The van der Waals surface area contributed by atoms with Crippen molar-refractivity contribution in [3.8, 4) is 11.5 Å². The van der Waals surface area contributed by atoms with Crippen molar-refractivity contribution in [1.82, 2.24) is 5.43 Å². The van der Waals surface area contributed by atoms with E-state index in [2.05, 4.69) is 10.5 Å². The highest BCUT2D eigenvalue weighted by molar-refractivity contribution is 7.92. The molecule has 0 spiro atoms. The van der Waals surface area contributed by atoms with E-state index in [-0.39, 0.29) is 11.4 Å². The van der Waals surface area contributed by atoms with Gasteiger partial charge in [0.25, 0.3) is 11.6 Å². The van der Waals surface area contributed by atoms with Gasteiger partial charge >= 0.3 is 0 Å². The van der Waals surface area contributed by atoms with Gasteiger partial charge in [0.15, 0.2) is 0 Å². The van der Waals surface area contributed by atoms with Gasteiger partial charge in [0, 0.05) is 17.7 Å². The molecule has 0 aromatic heterocycles. The number of sulfonamides is 1. The van der Waals surface area contributed by atoms with Crippen molar-refractivity contribution in [3.05, 3.63) is 94.5 Å². The lowest BCUT2D eigenvalue weighted by molar-refractivity contribution is -0.384. The minimum atomic E-state index is -3.83. The summed E-state index contributed by atoms with van der Waals surface area (Å²) in [5.41, 5.74) is 3.27. The second-order valence-corrected chi connectivity index (χ2v) is 9.48. The van der Waals surface area contributed by atoms with E-state index in [1.54, 1.807) is 49.4 Å². The molecule has 0 aliphatic carbocycles. The number of nitrogens with one attached hydrogen (secondary N) is 1. The number of amides is 1. The lowest BCUT2D eigenvalue weighted by Crippen LogP contribution is -2.46. The predicted molar refractivity (Wildman–Crippen MR) is 133 cm³/mol.